The van der Waals surface area contributed by atoms with E-state index in [1.54, 1.807) is 24.3 Å². The van der Waals surface area contributed by atoms with Crippen molar-refractivity contribution >= 4 is 15.9 Å². The average molecular weight is 325 g/mol. The van der Waals surface area contributed by atoms with Crippen LogP contribution in [-0.2, 0) is 21.2 Å². The monoisotopic (exact) mass is 325 g/mol. The van der Waals surface area contributed by atoms with E-state index in [2.05, 4.69) is 4.72 Å². The van der Waals surface area contributed by atoms with Gasteiger partial charge in [-0.15, -0.1) is 0 Å². The van der Waals surface area contributed by atoms with Crippen molar-refractivity contribution in [3.63, 3.8) is 0 Å². The van der Waals surface area contributed by atoms with Crippen LogP contribution >= 0.6 is 0 Å². The fourth-order valence-electron chi connectivity index (χ4n) is 2.60. The molecule has 0 radical (unpaired) electrons. The summed E-state index contributed by atoms with van der Waals surface area (Å²) in [5, 5.41) is 0. The summed E-state index contributed by atoms with van der Waals surface area (Å²) in [6, 6.07) is 6.70. The fourth-order valence-corrected chi connectivity index (χ4v) is 3.33. The summed E-state index contributed by atoms with van der Waals surface area (Å²) in [6.07, 6.45) is 2.96. The maximum absolute atomic E-state index is 12.2. The van der Waals surface area contributed by atoms with Gasteiger partial charge in [-0.2, -0.15) is 0 Å². The van der Waals surface area contributed by atoms with Crippen molar-refractivity contribution < 1.29 is 13.2 Å². The van der Waals surface area contributed by atoms with E-state index in [-0.39, 0.29) is 16.8 Å². The Morgan fingerprint density at radius 2 is 2.05 bits per heavy atom. The molecule has 1 fully saturated rings. The van der Waals surface area contributed by atoms with Crippen molar-refractivity contribution in [3.05, 3.63) is 29.8 Å². The molecule has 6 nitrogen and oxygen atoms in total. The first-order chi connectivity index (χ1) is 10.4. The van der Waals surface area contributed by atoms with Gasteiger partial charge in [0, 0.05) is 25.6 Å². The van der Waals surface area contributed by atoms with Gasteiger partial charge in [-0.25, -0.2) is 13.1 Å². The molecule has 1 aliphatic rings. The maximum Gasteiger partial charge on any atom is 0.240 e. The number of nitrogens with two attached hydrogens (primary N) is 1. The van der Waals surface area contributed by atoms with Gasteiger partial charge < -0.3 is 10.6 Å². The van der Waals surface area contributed by atoms with E-state index in [4.69, 9.17) is 5.73 Å². The highest BCUT2D eigenvalue weighted by atomic mass is 32.2. The number of amides is 1. The summed E-state index contributed by atoms with van der Waals surface area (Å²) >= 11 is 0. The number of likely N-dealkylation sites (tertiary alicyclic amines) is 1. The van der Waals surface area contributed by atoms with Gasteiger partial charge >= 0.3 is 0 Å². The lowest BCUT2D eigenvalue weighted by molar-refractivity contribution is -0.132. The number of piperidine rings is 1. The molecule has 7 heteroatoms. The van der Waals surface area contributed by atoms with Crippen molar-refractivity contribution in [2.75, 3.05) is 20.1 Å². The van der Waals surface area contributed by atoms with Gasteiger partial charge in [-0.3, -0.25) is 4.79 Å². The number of benzene rings is 1. The van der Waals surface area contributed by atoms with Gasteiger partial charge in [0.2, 0.25) is 15.9 Å². The lowest BCUT2D eigenvalue weighted by Gasteiger charge is -2.30. The molecule has 1 aliphatic heterocycles. The van der Waals surface area contributed by atoms with Crippen molar-refractivity contribution in [1.82, 2.24) is 9.62 Å². The standard InChI is InChI=1S/C15H23N3O3S/c1-17-22(20,21)14-7-4-12(5-8-14)6-9-15(19)18-10-2-3-13(16)11-18/h4-5,7-8,13,17H,2-3,6,9-11,16H2,1H3. The molecular formula is C15H23N3O3S. The molecule has 0 saturated carbocycles. The largest absolute Gasteiger partial charge is 0.341 e. The number of hydrogen-bond donors (Lipinski definition) is 2. The zero-order valence-electron chi connectivity index (χ0n) is 12.8. The van der Waals surface area contributed by atoms with E-state index in [9.17, 15) is 13.2 Å². The summed E-state index contributed by atoms with van der Waals surface area (Å²) in [5.74, 6) is 0.113. The number of nitrogens with one attached hydrogen (secondary N) is 1. The van der Waals surface area contributed by atoms with Crippen LogP contribution in [0.5, 0.6) is 0 Å². The van der Waals surface area contributed by atoms with Crippen LogP contribution in [0.1, 0.15) is 24.8 Å². The molecule has 0 bridgehead atoms. The minimum Gasteiger partial charge on any atom is -0.341 e. The summed E-state index contributed by atoms with van der Waals surface area (Å²) in [6.45, 7) is 1.42. The SMILES string of the molecule is CNS(=O)(=O)c1ccc(CCC(=O)N2CCCC(N)C2)cc1. The molecule has 0 aromatic heterocycles. The molecule has 3 N–H and O–H groups in total. The molecule has 1 heterocycles. The van der Waals surface area contributed by atoms with E-state index in [0.717, 1.165) is 24.9 Å². The second kappa shape index (κ2) is 7.21. The number of nitrogens with zero attached hydrogens (tertiary/aromatic N) is 1. The Balaban J connectivity index is 1.90. The Morgan fingerprint density at radius 1 is 1.36 bits per heavy atom. The van der Waals surface area contributed by atoms with Crippen molar-refractivity contribution in [2.24, 2.45) is 5.73 Å². The smallest absolute Gasteiger partial charge is 0.240 e. The van der Waals surface area contributed by atoms with Gasteiger partial charge in [0.05, 0.1) is 4.90 Å². The number of hydrogen-bond acceptors (Lipinski definition) is 4. The second-order valence-corrected chi connectivity index (χ2v) is 7.48. The number of sulfonamides is 1. The van der Waals surface area contributed by atoms with Crippen LogP contribution in [0.4, 0.5) is 0 Å². The van der Waals surface area contributed by atoms with E-state index in [1.165, 1.54) is 7.05 Å². The molecule has 1 aromatic carbocycles. The lowest BCUT2D eigenvalue weighted by atomic mass is 10.0. The van der Waals surface area contributed by atoms with Gasteiger partial charge in [0.15, 0.2) is 0 Å². The van der Waals surface area contributed by atoms with E-state index in [1.807, 2.05) is 4.90 Å². The Hall–Kier alpha value is -1.44. The van der Waals surface area contributed by atoms with E-state index in [0.29, 0.717) is 19.4 Å². The van der Waals surface area contributed by atoms with Crippen LogP contribution in [0.15, 0.2) is 29.2 Å². The highest BCUT2D eigenvalue weighted by molar-refractivity contribution is 7.89. The third kappa shape index (κ3) is 4.28. The molecule has 1 unspecified atom stereocenters. The van der Waals surface area contributed by atoms with Crippen molar-refractivity contribution in [2.45, 2.75) is 36.6 Å². The van der Waals surface area contributed by atoms with Crippen LogP contribution < -0.4 is 10.5 Å². The normalized spacial score (nSPS) is 19.2. The molecular weight excluding hydrogens is 302 g/mol. The third-order valence-corrected chi connectivity index (χ3v) is 5.37. The molecule has 22 heavy (non-hydrogen) atoms. The van der Waals surface area contributed by atoms with Gasteiger partial charge in [0.1, 0.15) is 0 Å². The molecule has 1 aromatic rings. The van der Waals surface area contributed by atoms with Crippen LogP contribution in [0.25, 0.3) is 0 Å². The van der Waals surface area contributed by atoms with Gasteiger partial charge in [0.25, 0.3) is 0 Å². The zero-order valence-corrected chi connectivity index (χ0v) is 13.6. The van der Waals surface area contributed by atoms with Crippen LogP contribution in [0.3, 0.4) is 0 Å². The molecule has 1 atom stereocenters. The second-order valence-electron chi connectivity index (χ2n) is 5.59. The topological polar surface area (TPSA) is 92.5 Å². The highest BCUT2D eigenvalue weighted by Gasteiger charge is 2.20. The van der Waals surface area contributed by atoms with Gasteiger partial charge in [-0.05, 0) is 44.0 Å². The Labute approximate surface area is 131 Å². The van der Waals surface area contributed by atoms with E-state index >= 15 is 0 Å². The molecule has 122 valence electrons. The molecule has 0 aliphatic carbocycles. The maximum atomic E-state index is 12.2. The summed E-state index contributed by atoms with van der Waals surface area (Å²) in [4.78, 5) is 14.2. The first kappa shape index (κ1) is 16.9. The summed E-state index contributed by atoms with van der Waals surface area (Å²) in [5.41, 5.74) is 6.83. The zero-order chi connectivity index (χ0) is 16.2. The lowest BCUT2D eigenvalue weighted by Crippen LogP contribution is -2.45. The first-order valence-electron chi connectivity index (χ1n) is 7.48. The number of rotatable bonds is 5. The fraction of sp³-hybridized carbons (Fsp3) is 0.533. The van der Waals surface area contributed by atoms with Crippen LogP contribution in [0, 0.1) is 0 Å². The number of aryl methyl sites for hydroxylation is 1. The predicted octanol–water partition coefficient (Wildman–Crippen LogP) is 0.477. The molecule has 1 amide bonds. The van der Waals surface area contributed by atoms with Crippen molar-refractivity contribution in [3.8, 4) is 0 Å². The minimum absolute atomic E-state index is 0.0868. The summed E-state index contributed by atoms with van der Waals surface area (Å²) in [7, 11) is -2.03. The molecule has 0 spiro atoms. The number of carbonyl (C=O) groups is 1. The Morgan fingerprint density at radius 3 is 2.64 bits per heavy atom. The van der Waals surface area contributed by atoms with Crippen molar-refractivity contribution in [1.29, 1.82) is 0 Å². The minimum atomic E-state index is -3.41. The third-order valence-electron chi connectivity index (χ3n) is 3.94. The highest BCUT2D eigenvalue weighted by Crippen LogP contribution is 2.14. The first-order valence-corrected chi connectivity index (χ1v) is 8.96. The average Bonchev–Trinajstić information content (AvgIpc) is 2.53. The quantitative estimate of drug-likeness (QED) is 0.823. The summed E-state index contributed by atoms with van der Waals surface area (Å²) < 4.78 is 25.5. The molecule has 1 saturated heterocycles. The number of carbonyl (C=O) groups excluding carboxylic acids is 1. The van der Waals surface area contributed by atoms with Crippen LogP contribution in [-0.4, -0.2) is 45.4 Å². The van der Waals surface area contributed by atoms with Gasteiger partial charge in [-0.1, -0.05) is 12.1 Å². The molecule has 2 rings (SSSR count). The Bertz CT molecular complexity index is 613. The van der Waals surface area contributed by atoms with Crippen LogP contribution in [0.2, 0.25) is 0 Å². The predicted molar refractivity (Wildman–Crippen MR) is 84.8 cm³/mol. The Kier molecular flexibility index (Phi) is 5.55. The van der Waals surface area contributed by atoms with E-state index < -0.39 is 10.0 Å².